The monoisotopic (exact) mass is 598 g/mol. The second kappa shape index (κ2) is 14.9. The van der Waals surface area contributed by atoms with E-state index in [1.54, 1.807) is 34.7 Å². The standard InChI is InChI=1S/C27H33F3N4O6S/c1-4-5-11-34-21-15-33(17-40-26(37)31-10-6-13-38-3)12-9-23(21)41-25(34)32-24(36)20-14-19(27(28,29)30)7-8-22(20)39-16-18(2)35/h7-9,12,14-15,18H,4-6,10-11,13,16-17H2,1-3H3,(H,31,37)/t18-/m0/s1. The number of carbonyl (C=O) groups is 2. The highest BCUT2D eigenvalue weighted by Gasteiger charge is 2.32. The van der Waals surface area contributed by atoms with Crippen LogP contribution in [0, 0.1) is 0 Å². The molecule has 2 amide bonds. The Kier molecular flexibility index (Phi) is 11.7. The van der Waals surface area contributed by atoms with Gasteiger partial charge in [0.25, 0.3) is 12.6 Å². The Bertz CT molecular complexity index is 1400. The highest BCUT2D eigenvalue weighted by molar-refractivity contribution is 7.16. The van der Waals surface area contributed by atoms with Crippen LogP contribution in [0.1, 0.15) is 49.0 Å². The summed E-state index contributed by atoms with van der Waals surface area (Å²) < 4.78 is 60.0. The van der Waals surface area contributed by atoms with Gasteiger partial charge in [-0.25, -0.2) is 4.79 Å². The van der Waals surface area contributed by atoms with Gasteiger partial charge in [-0.05, 0) is 31.0 Å². The number of hydrogen-bond donors (Lipinski definition) is 1. The van der Waals surface area contributed by atoms with E-state index in [4.69, 9.17) is 14.2 Å². The summed E-state index contributed by atoms with van der Waals surface area (Å²) in [5.74, 6) is -1.08. The van der Waals surface area contributed by atoms with E-state index >= 15 is 0 Å². The largest absolute Gasteiger partial charge is 0.850 e. The third kappa shape index (κ3) is 9.26. The van der Waals surface area contributed by atoms with Crippen molar-refractivity contribution in [3.8, 4) is 5.75 Å². The van der Waals surface area contributed by atoms with Gasteiger partial charge in [0.15, 0.2) is 17.2 Å². The first-order valence-corrected chi connectivity index (χ1v) is 13.9. The number of aryl methyl sites for hydroxylation is 1. The van der Waals surface area contributed by atoms with Crippen molar-refractivity contribution in [2.24, 2.45) is 4.99 Å². The number of nitrogens with one attached hydrogen (secondary N) is 1. The maximum absolute atomic E-state index is 13.4. The van der Waals surface area contributed by atoms with E-state index in [0.717, 1.165) is 29.7 Å². The first kappa shape index (κ1) is 32.0. The van der Waals surface area contributed by atoms with Crippen molar-refractivity contribution in [1.29, 1.82) is 0 Å². The van der Waals surface area contributed by atoms with E-state index < -0.39 is 29.8 Å². The Labute approximate surface area is 239 Å². The van der Waals surface area contributed by atoms with Crippen molar-refractivity contribution in [2.45, 2.75) is 58.7 Å². The molecule has 0 unspecified atom stereocenters. The second-order valence-corrected chi connectivity index (χ2v) is 10.2. The van der Waals surface area contributed by atoms with E-state index in [1.807, 2.05) is 6.92 Å². The van der Waals surface area contributed by atoms with Crippen molar-refractivity contribution in [2.75, 3.05) is 26.9 Å². The summed E-state index contributed by atoms with van der Waals surface area (Å²) >= 11 is 1.20. The Morgan fingerprint density at radius 3 is 2.71 bits per heavy atom. The average molecular weight is 599 g/mol. The summed E-state index contributed by atoms with van der Waals surface area (Å²) in [5.41, 5.74) is -0.709. The van der Waals surface area contributed by atoms with Crippen LogP contribution in [0.15, 0.2) is 41.7 Å². The maximum Gasteiger partial charge on any atom is 0.416 e. The zero-order valence-electron chi connectivity index (χ0n) is 23.0. The molecule has 1 atom stereocenters. The number of halogens is 3. The molecule has 0 aliphatic carbocycles. The number of pyridine rings is 1. The van der Waals surface area contributed by atoms with Crippen LogP contribution in [0.3, 0.4) is 0 Å². The molecule has 1 N–H and O–H groups in total. The van der Waals surface area contributed by atoms with Crippen molar-refractivity contribution in [1.82, 2.24) is 9.88 Å². The van der Waals surface area contributed by atoms with E-state index in [1.165, 1.54) is 18.3 Å². The second-order valence-electron chi connectivity index (χ2n) is 9.18. The van der Waals surface area contributed by atoms with Crippen molar-refractivity contribution < 1.29 is 46.6 Å². The first-order chi connectivity index (χ1) is 19.5. The molecule has 0 bridgehead atoms. The van der Waals surface area contributed by atoms with Gasteiger partial charge < -0.3 is 29.2 Å². The molecule has 0 fully saturated rings. The molecule has 0 saturated heterocycles. The molecule has 0 aliphatic rings. The Morgan fingerprint density at radius 1 is 1.24 bits per heavy atom. The number of alkyl halides is 3. The number of aromatic nitrogens is 2. The molecular formula is C27H33F3N4O6S. The zero-order valence-corrected chi connectivity index (χ0v) is 23.8. The predicted octanol–water partition coefficient (Wildman–Crippen LogP) is 3.40. The molecule has 14 heteroatoms. The van der Waals surface area contributed by atoms with Crippen LogP contribution in [0.2, 0.25) is 0 Å². The molecule has 0 aliphatic heterocycles. The van der Waals surface area contributed by atoms with Gasteiger partial charge in [0.1, 0.15) is 11.3 Å². The van der Waals surface area contributed by atoms with Crippen molar-refractivity contribution in [3.05, 3.63) is 52.6 Å². The molecule has 0 spiro atoms. The topological polar surface area (TPSA) is 118 Å². The first-order valence-electron chi connectivity index (χ1n) is 13.0. The zero-order chi connectivity index (χ0) is 30.0. The molecule has 1 aromatic carbocycles. The molecule has 2 heterocycles. The van der Waals surface area contributed by atoms with Crippen LogP contribution in [-0.4, -0.2) is 49.5 Å². The summed E-state index contributed by atoms with van der Waals surface area (Å²) in [4.78, 5) is 29.7. The number of alkyl carbamates (subject to hydrolysis) is 1. The number of amides is 2. The van der Waals surface area contributed by atoms with Crippen LogP contribution < -0.4 is 24.5 Å². The van der Waals surface area contributed by atoms with Crippen LogP contribution in [0.25, 0.3) is 10.2 Å². The quantitative estimate of drug-likeness (QED) is 0.238. The number of benzene rings is 1. The van der Waals surface area contributed by atoms with E-state index in [2.05, 4.69) is 10.3 Å². The highest BCUT2D eigenvalue weighted by Crippen LogP contribution is 2.33. The number of hydrogen-bond acceptors (Lipinski definition) is 7. The molecule has 41 heavy (non-hydrogen) atoms. The number of nitrogens with zero attached hydrogens (tertiary/aromatic N) is 3. The molecule has 3 rings (SSSR count). The molecule has 0 saturated carbocycles. The Morgan fingerprint density at radius 2 is 2.02 bits per heavy atom. The van der Waals surface area contributed by atoms with Crippen LogP contribution in [0.4, 0.5) is 18.0 Å². The lowest BCUT2D eigenvalue weighted by Crippen LogP contribution is -2.38. The third-order valence-electron chi connectivity index (χ3n) is 5.76. The lowest BCUT2D eigenvalue weighted by Gasteiger charge is -2.18. The minimum atomic E-state index is -4.69. The summed E-state index contributed by atoms with van der Waals surface area (Å²) in [5, 5.41) is 14.1. The maximum atomic E-state index is 13.4. The number of methoxy groups -OCH3 is 1. The predicted molar refractivity (Wildman–Crippen MR) is 142 cm³/mol. The number of thiazole rings is 1. The fourth-order valence-electron chi connectivity index (χ4n) is 3.70. The smallest absolute Gasteiger partial charge is 0.416 e. The third-order valence-corrected chi connectivity index (χ3v) is 6.82. The SMILES string of the molecule is CCCCn1c(=NC(=O)c2cc(C(F)(F)F)ccc2OC[C@H](C)[O-])sc2cc[n+](COC(=O)NCCCOC)cc21. The van der Waals surface area contributed by atoms with E-state index in [0.29, 0.717) is 37.7 Å². The van der Waals surface area contributed by atoms with Crippen molar-refractivity contribution in [3.63, 3.8) is 0 Å². The summed E-state index contributed by atoms with van der Waals surface area (Å²) in [6, 6.07) is 4.29. The van der Waals surface area contributed by atoms with Crippen LogP contribution in [-0.2, 0) is 28.9 Å². The van der Waals surface area contributed by atoms with Gasteiger partial charge in [-0.15, -0.1) is 0 Å². The van der Waals surface area contributed by atoms with E-state index in [-0.39, 0.29) is 29.5 Å². The van der Waals surface area contributed by atoms with Crippen LogP contribution >= 0.6 is 11.3 Å². The van der Waals surface area contributed by atoms with Gasteiger partial charge in [0, 0.05) is 32.9 Å². The number of unbranched alkanes of at least 4 members (excludes halogenated alkanes) is 1. The number of carbonyl (C=O) groups excluding carboxylic acids is 2. The lowest BCUT2D eigenvalue weighted by atomic mass is 10.1. The molecule has 10 nitrogen and oxygen atoms in total. The molecule has 224 valence electrons. The molecule has 0 radical (unpaired) electrons. The van der Waals surface area contributed by atoms with Gasteiger partial charge >= 0.3 is 12.3 Å². The Hall–Kier alpha value is -3.49. The minimum absolute atomic E-state index is 0.0653. The minimum Gasteiger partial charge on any atom is -0.850 e. The molecule has 3 aromatic rings. The van der Waals surface area contributed by atoms with Gasteiger partial charge in [-0.3, -0.25) is 4.79 Å². The van der Waals surface area contributed by atoms with Gasteiger partial charge in [0.2, 0.25) is 0 Å². The number of fused-ring (bicyclic) bond motifs is 1. The number of rotatable bonds is 13. The summed E-state index contributed by atoms with van der Waals surface area (Å²) in [7, 11) is 1.57. The van der Waals surface area contributed by atoms with Crippen LogP contribution in [0.5, 0.6) is 5.75 Å². The normalized spacial score (nSPS) is 12.9. The van der Waals surface area contributed by atoms with Gasteiger partial charge in [-0.2, -0.15) is 22.7 Å². The van der Waals surface area contributed by atoms with Gasteiger partial charge in [0.05, 0.1) is 22.4 Å². The summed E-state index contributed by atoms with van der Waals surface area (Å²) in [6.07, 6.45) is -0.717. The van der Waals surface area contributed by atoms with Gasteiger partial charge in [-0.1, -0.05) is 37.7 Å². The van der Waals surface area contributed by atoms with Crippen molar-refractivity contribution >= 4 is 33.6 Å². The van der Waals surface area contributed by atoms with E-state index in [9.17, 15) is 27.9 Å². The fraction of sp³-hybridized carbons (Fsp3) is 0.481. The molecule has 2 aromatic heterocycles. The Balaban J connectivity index is 1.95. The lowest BCUT2D eigenvalue weighted by molar-refractivity contribution is -0.726. The average Bonchev–Trinajstić information content (AvgIpc) is 3.27. The fourth-order valence-corrected chi connectivity index (χ4v) is 4.72. The number of ether oxygens (including phenoxy) is 3. The highest BCUT2D eigenvalue weighted by atomic mass is 32.1. The summed E-state index contributed by atoms with van der Waals surface area (Å²) in [6.45, 7) is 4.37. The molecular weight excluding hydrogens is 565 g/mol.